The van der Waals surface area contributed by atoms with Crippen molar-refractivity contribution in [2.45, 2.75) is 6.92 Å². The van der Waals surface area contributed by atoms with E-state index in [1.54, 1.807) is 48.5 Å². The SMILES string of the molecule is CC(=O)N(O)C/C=C/P(=O)(OCOC(=O)c1ccc(-c2ccccc2)cc1)OCOC(=O)c1ccc(-c2ccccc2)cc1. The van der Waals surface area contributed by atoms with Gasteiger partial charge >= 0.3 is 19.5 Å². The molecule has 1 amide bonds. The van der Waals surface area contributed by atoms with Crippen LogP contribution in [0.3, 0.4) is 0 Å². The zero-order chi connectivity index (χ0) is 31.4. The van der Waals surface area contributed by atoms with E-state index in [0.717, 1.165) is 41.1 Å². The maximum atomic E-state index is 13.3. The van der Waals surface area contributed by atoms with Gasteiger partial charge in [-0.25, -0.2) is 14.7 Å². The van der Waals surface area contributed by atoms with Crippen molar-refractivity contribution in [2.24, 2.45) is 0 Å². The van der Waals surface area contributed by atoms with Crippen molar-refractivity contribution in [3.05, 3.63) is 132 Å². The van der Waals surface area contributed by atoms with Gasteiger partial charge in [-0.2, -0.15) is 0 Å². The summed E-state index contributed by atoms with van der Waals surface area (Å²) in [6.07, 6.45) is 1.16. The molecule has 0 saturated carbocycles. The summed E-state index contributed by atoms with van der Waals surface area (Å²) in [6.45, 7) is -0.706. The van der Waals surface area contributed by atoms with Gasteiger partial charge in [0.2, 0.25) is 19.5 Å². The summed E-state index contributed by atoms with van der Waals surface area (Å²) in [7, 11) is -4.18. The third-order valence-electron chi connectivity index (χ3n) is 6.23. The molecule has 0 fully saturated rings. The van der Waals surface area contributed by atoms with Gasteiger partial charge in [0.15, 0.2) is 0 Å². The lowest BCUT2D eigenvalue weighted by Crippen LogP contribution is -2.24. The van der Waals surface area contributed by atoms with Gasteiger partial charge in [-0.15, -0.1) is 0 Å². The summed E-state index contributed by atoms with van der Waals surface area (Å²) in [5.74, 6) is -1.15. The summed E-state index contributed by atoms with van der Waals surface area (Å²) < 4.78 is 34.0. The molecule has 0 spiro atoms. The lowest BCUT2D eigenvalue weighted by molar-refractivity contribution is -0.160. The minimum absolute atomic E-state index is 0.240. The van der Waals surface area contributed by atoms with Gasteiger partial charge in [-0.3, -0.25) is 23.6 Å². The van der Waals surface area contributed by atoms with E-state index in [4.69, 9.17) is 18.5 Å². The monoisotopic (exact) mass is 615 g/mol. The fourth-order valence-corrected chi connectivity index (χ4v) is 4.86. The molecule has 0 aromatic heterocycles. The minimum Gasteiger partial charge on any atom is -0.434 e. The van der Waals surface area contributed by atoms with E-state index in [1.807, 2.05) is 60.7 Å². The first kappa shape index (κ1) is 32.1. The topological polar surface area (TPSA) is 129 Å². The van der Waals surface area contributed by atoms with Crippen molar-refractivity contribution in [3.8, 4) is 22.3 Å². The highest BCUT2D eigenvalue weighted by Crippen LogP contribution is 2.49. The second-order valence-electron chi connectivity index (χ2n) is 9.27. The van der Waals surface area contributed by atoms with Crippen LogP contribution in [-0.4, -0.2) is 48.2 Å². The number of nitrogens with zero attached hydrogens (tertiary/aromatic N) is 1. The van der Waals surface area contributed by atoms with Crippen molar-refractivity contribution >= 4 is 25.4 Å². The van der Waals surface area contributed by atoms with Gasteiger partial charge in [0.25, 0.3) is 0 Å². The van der Waals surface area contributed by atoms with Crippen molar-refractivity contribution in [3.63, 3.8) is 0 Å². The number of hydrogen-bond donors (Lipinski definition) is 1. The lowest BCUT2D eigenvalue weighted by Gasteiger charge is -2.16. The number of rotatable bonds is 13. The van der Waals surface area contributed by atoms with Crippen LogP contribution in [0.4, 0.5) is 0 Å². The maximum Gasteiger partial charge on any atom is 0.359 e. The predicted molar refractivity (Wildman–Crippen MR) is 162 cm³/mol. The van der Waals surface area contributed by atoms with Crippen molar-refractivity contribution in [2.75, 3.05) is 20.1 Å². The van der Waals surface area contributed by atoms with E-state index in [1.165, 1.54) is 0 Å². The molecule has 0 aliphatic carbocycles. The van der Waals surface area contributed by atoms with Crippen LogP contribution in [0, 0.1) is 0 Å². The third kappa shape index (κ3) is 9.32. The van der Waals surface area contributed by atoms with E-state index in [0.29, 0.717) is 5.06 Å². The second kappa shape index (κ2) is 15.6. The van der Waals surface area contributed by atoms with Crippen LogP contribution in [-0.2, 0) is 27.9 Å². The quantitative estimate of drug-likeness (QED) is 0.0560. The molecule has 4 aromatic rings. The molecule has 11 heteroatoms. The number of benzene rings is 4. The Hall–Kier alpha value is -4.86. The smallest absolute Gasteiger partial charge is 0.359 e. The highest BCUT2D eigenvalue weighted by atomic mass is 31.2. The number of carbonyl (C=O) groups excluding carboxylic acids is 3. The van der Waals surface area contributed by atoms with Gasteiger partial charge in [0.1, 0.15) is 0 Å². The molecular weight excluding hydrogens is 585 g/mol. The zero-order valence-corrected chi connectivity index (χ0v) is 24.7. The Morgan fingerprint density at radius 2 is 1.05 bits per heavy atom. The highest BCUT2D eigenvalue weighted by Gasteiger charge is 2.24. The Bertz CT molecular complexity index is 1520. The van der Waals surface area contributed by atoms with Crippen LogP contribution < -0.4 is 0 Å². The largest absolute Gasteiger partial charge is 0.434 e. The summed E-state index contributed by atoms with van der Waals surface area (Å²) in [5, 5.41) is 9.95. The summed E-state index contributed by atoms with van der Waals surface area (Å²) >= 11 is 0. The van der Waals surface area contributed by atoms with Crippen LogP contribution in [0.1, 0.15) is 27.6 Å². The molecule has 226 valence electrons. The average Bonchev–Trinajstić information content (AvgIpc) is 3.05. The zero-order valence-electron chi connectivity index (χ0n) is 23.8. The molecule has 0 aliphatic rings. The standard InChI is InChI=1S/C33H30NO9P/c1-25(35)34(38)21-8-22-44(39,42-23-40-32(36)30-17-13-28(14-18-30)26-9-4-2-5-10-26)43-24-41-33(37)31-19-15-29(16-20-31)27-11-6-3-7-12-27/h2-20,22,38H,21,23-24H2,1H3/b22-8+. The van der Waals surface area contributed by atoms with Gasteiger partial charge in [-0.1, -0.05) is 91.0 Å². The fourth-order valence-electron chi connectivity index (χ4n) is 3.86. The number of ether oxygens (including phenoxy) is 2. The van der Waals surface area contributed by atoms with Crippen LogP contribution in [0.15, 0.2) is 121 Å². The van der Waals surface area contributed by atoms with Gasteiger partial charge in [0, 0.05) is 12.7 Å². The second-order valence-corrected chi connectivity index (χ2v) is 11.2. The summed E-state index contributed by atoms with van der Waals surface area (Å²) in [6, 6.07) is 32.6. The normalized spacial score (nSPS) is 11.2. The molecule has 0 unspecified atom stereocenters. The van der Waals surface area contributed by atoms with E-state index in [2.05, 4.69) is 0 Å². The summed E-state index contributed by atoms with van der Waals surface area (Å²) in [4.78, 5) is 36.3. The Labute approximate surface area is 254 Å². The minimum atomic E-state index is -4.18. The first-order chi connectivity index (χ1) is 21.2. The van der Waals surface area contributed by atoms with E-state index in [9.17, 15) is 24.2 Å². The van der Waals surface area contributed by atoms with Crippen molar-refractivity contribution in [1.82, 2.24) is 5.06 Å². The average molecular weight is 616 g/mol. The van der Waals surface area contributed by atoms with Gasteiger partial charge in [-0.05, 0) is 46.5 Å². The predicted octanol–water partition coefficient (Wildman–Crippen LogP) is 6.93. The number of esters is 2. The lowest BCUT2D eigenvalue weighted by atomic mass is 10.0. The number of hydrogen-bond acceptors (Lipinski definition) is 9. The molecule has 1 N–H and O–H groups in total. The molecule has 0 radical (unpaired) electrons. The van der Waals surface area contributed by atoms with Crippen LogP contribution in [0.2, 0.25) is 0 Å². The fraction of sp³-hybridized carbons (Fsp3) is 0.121. The van der Waals surface area contributed by atoms with Crippen LogP contribution in [0.25, 0.3) is 22.3 Å². The molecule has 44 heavy (non-hydrogen) atoms. The molecule has 0 bridgehead atoms. The number of carbonyl (C=O) groups is 3. The van der Waals surface area contributed by atoms with E-state index in [-0.39, 0.29) is 17.7 Å². The molecule has 0 aliphatic heterocycles. The number of amides is 1. The van der Waals surface area contributed by atoms with Gasteiger partial charge < -0.3 is 9.47 Å². The first-order valence-electron chi connectivity index (χ1n) is 13.4. The van der Waals surface area contributed by atoms with E-state index >= 15 is 0 Å². The Morgan fingerprint density at radius 1 is 0.659 bits per heavy atom. The van der Waals surface area contributed by atoms with Crippen molar-refractivity contribution < 1.29 is 42.7 Å². The molecule has 10 nitrogen and oxygen atoms in total. The van der Waals surface area contributed by atoms with Crippen LogP contribution >= 0.6 is 7.60 Å². The number of hydroxylamine groups is 2. The maximum absolute atomic E-state index is 13.3. The Morgan fingerprint density at radius 3 is 1.43 bits per heavy atom. The molecule has 4 rings (SSSR count). The Balaban J connectivity index is 1.33. The Kier molecular flexibility index (Phi) is 11.3. The molecular formula is C33H30NO9P. The van der Waals surface area contributed by atoms with E-state index < -0.39 is 39.0 Å². The molecule has 0 saturated heterocycles. The third-order valence-corrected chi connectivity index (χ3v) is 7.74. The van der Waals surface area contributed by atoms with Gasteiger partial charge in [0.05, 0.1) is 17.7 Å². The molecule has 0 atom stereocenters. The van der Waals surface area contributed by atoms with Crippen LogP contribution in [0.5, 0.6) is 0 Å². The highest BCUT2D eigenvalue weighted by molar-refractivity contribution is 7.57. The summed E-state index contributed by atoms with van der Waals surface area (Å²) in [5.41, 5.74) is 4.26. The van der Waals surface area contributed by atoms with Crippen molar-refractivity contribution in [1.29, 1.82) is 0 Å². The molecule has 4 aromatic carbocycles. The first-order valence-corrected chi connectivity index (χ1v) is 15.0. The molecule has 0 heterocycles.